The highest BCUT2D eigenvalue weighted by Crippen LogP contribution is 2.39. The van der Waals surface area contributed by atoms with Crippen LogP contribution in [0, 0.1) is 27.2 Å². The maximum atomic E-state index is 12.6. The Kier molecular flexibility index (Phi) is 4.73. The summed E-state index contributed by atoms with van der Waals surface area (Å²) >= 11 is 0. The zero-order valence-corrected chi connectivity index (χ0v) is 14.4. The van der Waals surface area contributed by atoms with Gasteiger partial charge in [0.1, 0.15) is 5.69 Å². The van der Waals surface area contributed by atoms with Gasteiger partial charge in [-0.2, -0.15) is 0 Å². The molecule has 11 heteroatoms. The highest BCUT2D eigenvalue weighted by molar-refractivity contribution is 5.85. The molecule has 0 amide bonds. The Labute approximate surface area is 156 Å². The lowest BCUT2D eigenvalue weighted by Crippen LogP contribution is -2.17. The summed E-state index contributed by atoms with van der Waals surface area (Å²) in [7, 11) is 0. The van der Waals surface area contributed by atoms with E-state index in [0.717, 1.165) is 12.3 Å². The number of nitro benzene ring substituents is 2. The number of hydrogen-bond donors (Lipinski definition) is 2. The molecule has 0 atom stereocenters. The molecule has 3 aromatic rings. The second-order valence-electron chi connectivity index (χ2n) is 5.73. The van der Waals surface area contributed by atoms with Crippen molar-refractivity contribution in [3.05, 3.63) is 84.3 Å². The molecule has 0 radical (unpaired) electrons. The van der Waals surface area contributed by atoms with Crippen molar-refractivity contribution >= 4 is 23.3 Å². The van der Waals surface area contributed by atoms with Crippen LogP contribution in [0.4, 0.5) is 17.1 Å². The van der Waals surface area contributed by atoms with Gasteiger partial charge in [0.05, 0.1) is 27.2 Å². The Hall–Kier alpha value is -4.28. The van der Waals surface area contributed by atoms with E-state index in [-0.39, 0.29) is 5.56 Å². The number of aromatic hydroxyl groups is 1. The van der Waals surface area contributed by atoms with Crippen LogP contribution in [0.15, 0.2) is 52.3 Å². The first-order chi connectivity index (χ1) is 13.3. The van der Waals surface area contributed by atoms with Crippen molar-refractivity contribution < 1.29 is 15.0 Å². The number of hydrogen-bond acceptors (Lipinski definition) is 7. The van der Waals surface area contributed by atoms with Gasteiger partial charge in [-0.15, -0.1) is 0 Å². The fourth-order valence-corrected chi connectivity index (χ4v) is 2.54. The number of phenolic OH excluding ortho intramolecular Hbond substituents is 1. The average Bonchev–Trinajstić information content (AvgIpc) is 2.95. The Morgan fingerprint density at radius 2 is 1.82 bits per heavy atom. The number of H-pyrrole nitrogens is 1. The number of nitro groups is 2. The molecular weight excluding hydrogens is 370 g/mol. The van der Waals surface area contributed by atoms with Crippen molar-refractivity contribution in [3.63, 3.8) is 0 Å². The molecular formula is C17H13N5O6. The van der Waals surface area contributed by atoms with Crippen molar-refractivity contribution in [2.24, 2.45) is 4.99 Å². The van der Waals surface area contributed by atoms with Crippen molar-refractivity contribution in [1.29, 1.82) is 0 Å². The summed E-state index contributed by atoms with van der Waals surface area (Å²) in [5.74, 6) is -0.830. The molecule has 11 nitrogen and oxygen atoms in total. The lowest BCUT2D eigenvalue weighted by atomic mass is 10.2. The lowest BCUT2D eigenvalue weighted by molar-refractivity contribution is -0.394. The molecule has 3 rings (SSSR count). The quantitative estimate of drug-likeness (QED) is 0.392. The van der Waals surface area contributed by atoms with Gasteiger partial charge in [-0.25, -0.2) is 4.68 Å². The molecule has 0 aliphatic rings. The largest absolute Gasteiger partial charge is 0.501 e. The highest BCUT2D eigenvalue weighted by Gasteiger charge is 2.23. The smallest absolute Gasteiger partial charge is 0.319 e. The molecule has 0 saturated carbocycles. The van der Waals surface area contributed by atoms with E-state index in [1.165, 1.54) is 4.68 Å². The predicted molar refractivity (Wildman–Crippen MR) is 99.8 cm³/mol. The van der Waals surface area contributed by atoms with Crippen LogP contribution in [0.1, 0.15) is 11.3 Å². The number of aromatic amines is 1. The molecule has 28 heavy (non-hydrogen) atoms. The van der Waals surface area contributed by atoms with Crippen LogP contribution in [-0.4, -0.2) is 30.9 Å². The van der Waals surface area contributed by atoms with E-state index in [1.54, 1.807) is 37.3 Å². The summed E-state index contributed by atoms with van der Waals surface area (Å²) in [5.41, 5.74) is -1.12. The molecule has 0 saturated heterocycles. The number of para-hydroxylation sites is 1. The average molecular weight is 383 g/mol. The van der Waals surface area contributed by atoms with Crippen molar-refractivity contribution in [2.45, 2.75) is 6.92 Å². The van der Waals surface area contributed by atoms with Crippen molar-refractivity contribution in [1.82, 2.24) is 9.78 Å². The monoisotopic (exact) mass is 383 g/mol. The minimum absolute atomic E-state index is 0.136. The number of phenols is 1. The number of aromatic nitrogens is 2. The third kappa shape index (κ3) is 3.35. The number of non-ortho nitro benzene ring substituents is 1. The maximum absolute atomic E-state index is 12.6. The molecule has 2 aromatic carbocycles. The van der Waals surface area contributed by atoms with Crippen LogP contribution in [0.2, 0.25) is 0 Å². The number of nitrogens with zero attached hydrogens (tertiary/aromatic N) is 4. The van der Waals surface area contributed by atoms with E-state index in [9.17, 15) is 30.1 Å². The second kappa shape index (κ2) is 7.15. The molecule has 142 valence electrons. The summed E-state index contributed by atoms with van der Waals surface area (Å²) in [6, 6.07) is 10.3. The number of benzene rings is 2. The van der Waals surface area contributed by atoms with Crippen LogP contribution in [0.3, 0.4) is 0 Å². The molecule has 2 N–H and O–H groups in total. The van der Waals surface area contributed by atoms with E-state index in [1.807, 2.05) is 0 Å². The predicted octanol–water partition coefficient (Wildman–Crippen LogP) is 2.75. The fraction of sp³-hybridized carbons (Fsp3) is 0.0588. The van der Waals surface area contributed by atoms with Gasteiger partial charge in [0.25, 0.3) is 11.2 Å². The Bertz CT molecular complexity index is 1160. The third-order valence-electron chi connectivity index (χ3n) is 3.93. The third-order valence-corrected chi connectivity index (χ3v) is 3.93. The normalized spacial score (nSPS) is 11.0. The second-order valence-corrected chi connectivity index (χ2v) is 5.73. The van der Waals surface area contributed by atoms with Gasteiger partial charge in [-0.05, 0) is 19.1 Å². The van der Waals surface area contributed by atoms with Gasteiger partial charge >= 0.3 is 5.69 Å². The van der Waals surface area contributed by atoms with Gasteiger partial charge in [0.2, 0.25) is 5.75 Å². The first kappa shape index (κ1) is 18.5. The van der Waals surface area contributed by atoms with Gasteiger partial charge in [0.15, 0.2) is 0 Å². The number of rotatable bonds is 5. The molecule has 0 aliphatic heterocycles. The van der Waals surface area contributed by atoms with E-state index in [2.05, 4.69) is 10.1 Å². The highest BCUT2D eigenvalue weighted by atomic mass is 16.6. The van der Waals surface area contributed by atoms with Gasteiger partial charge < -0.3 is 5.11 Å². The molecule has 1 aromatic heterocycles. The molecule has 0 bridgehead atoms. The van der Waals surface area contributed by atoms with Gasteiger partial charge in [-0.3, -0.25) is 35.1 Å². The molecule has 0 unspecified atom stereocenters. The zero-order valence-electron chi connectivity index (χ0n) is 14.4. The Morgan fingerprint density at radius 3 is 2.43 bits per heavy atom. The summed E-state index contributed by atoms with van der Waals surface area (Å²) in [6.07, 6.45) is 1.09. The molecule has 0 spiro atoms. The summed E-state index contributed by atoms with van der Waals surface area (Å²) < 4.78 is 1.28. The number of nitrogens with one attached hydrogen (secondary N) is 1. The Balaban J connectivity index is 2.08. The van der Waals surface area contributed by atoms with E-state index in [0.29, 0.717) is 17.4 Å². The fourth-order valence-electron chi connectivity index (χ4n) is 2.54. The maximum Gasteiger partial charge on any atom is 0.319 e. The summed E-state index contributed by atoms with van der Waals surface area (Å²) in [5, 5.41) is 34.8. The van der Waals surface area contributed by atoms with Gasteiger partial charge in [-0.1, -0.05) is 18.2 Å². The number of aryl methyl sites for hydroxylation is 1. The van der Waals surface area contributed by atoms with Crippen LogP contribution >= 0.6 is 0 Å². The first-order valence-corrected chi connectivity index (χ1v) is 7.86. The Morgan fingerprint density at radius 1 is 1.14 bits per heavy atom. The topological polar surface area (TPSA) is 157 Å². The SMILES string of the molecule is Cc1[nH]n(-c2ccccc2)c(=O)c1C=Nc1cc([N+](=O)[O-])cc([N+](=O)[O-])c1O. The molecule has 0 aliphatic carbocycles. The van der Waals surface area contributed by atoms with Gasteiger partial charge in [0, 0.05) is 18.0 Å². The zero-order chi connectivity index (χ0) is 20.4. The number of aliphatic imine (C=N–C) groups is 1. The van der Waals surface area contributed by atoms with Crippen molar-refractivity contribution in [3.8, 4) is 11.4 Å². The standard InChI is InChI=1S/C17H13N5O6/c1-10-13(17(24)20(19-10)11-5-3-2-4-6-11)9-18-14-7-12(21(25)26)8-15(16(14)23)22(27)28/h2-9,19,23H,1H3. The summed E-state index contributed by atoms with van der Waals surface area (Å²) in [6.45, 7) is 1.62. The van der Waals surface area contributed by atoms with Crippen molar-refractivity contribution in [2.75, 3.05) is 0 Å². The van der Waals surface area contributed by atoms with E-state index in [4.69, 9.17) is 0 Å². The van der Waals surface area contributed by atoms with Crippen LogP contribution < -0.4 is 5.56 Å². The molecule has 0 fully saturated rings. The first-order valence-electron chi connectivity index (χ1n) is 7.86. The summed E-state index contributed by atoms with van der Waals surface area (Å²) in [4.78, 5) is 36.7. The van der Waals surface area contributed by atoms with Crippen LogP contribution in [0.25, 0.3) is 5.69 Å². The molecule has 1 heterocycles. The lowest BCUT2D eigenvalue weighted by Gasteiger charge is -2.00. The van der Waals surface area contributed by atoms with E-state index < -0.39 is 38.2 Å². The van der Waals surface area contributed by atoms with Crippen LogP contribution in [0.5, 0.6) is 5.75 Å². The van der Waals surface area contributed by atoms with E-state index >= 15 is 0 Å². The minimum atomic E-state index is -0.953. The van der Waals surface area contributed by atoms with Crippen LogP contribution in [-0.2, 0) is 0 Å². The minimum Gasteiger partial charge on any atom is -0.501 e.